The number of sulfonamides is 1. The van der Waals surface area contributed by atoms with Gasteiger partial charge in [0, 0.05) is 36.8 Å². The molecule has 1 saturated heterocycles. The predicted octanol–water partition coefficient (Wildman–Crippen LogP) is 3.04. The molecule has 2 heterocycles. The van der Waals surface area contributed by atoms with Gasteiger partial charge >= 0.3 is 5.63 Å². The van der Waals surface area contributed by atoms with Crippen molar-refractivity contribution in [2.45, 2.75) is 25.3 Å². The second-order valence-electron chi connectivity index (χ2n) is 7.42. The molecule has 0 amide bonds. The molecule has 8 heteroatoms. The van der Waals surface area contributed by atoms with Gasteiger partial charge in [-0.1, -0.05) is 6.07 Å². The van der Waals surface area contributed by atoms with Gasteiger partial charge in [0.1, 0.15) is 5.58 Å². The van der Waals surface area contributed by atoms with Crippen LogP contribution in [0.1, 0.15) is 16.7 Å². The summed E-state index contributed by atoms with van der Waals surface area (Å²) in [4.78, 5) is 12.2. The van der Waals surface area contributed by atoms with Gasteiger partial charge in [-0.3, -0.25) is 0 Å². The standard InChI is InChI=1S/C22H24N2O5S/c1-15-10-20-17(12-22(25)29-21(20)11-16(15)2)14-23-18-4-3-5-19(13-18)30(26,27)24-6-8-28-9-7-24/h3-5,10-13,23H,6-9,14H2,1-2H3. The van der Waals surface area contributed by atoms with Gasteiger partial charge in [0.25, 0.3) is 0 Å². The zero-order chi connectivity index (χ0) is 21.3. The van der Waals surface area contributed by atoms with E-state index in [-0.39, 0.29) is 4.90 Å². The zero-order valence-corrected chi connectivity index (χ0v) is 17.8. The first-order valence-electron chi connectivity index (χ1n) is 9.80. The number of benzene rings is 2. The summed E-state index contributed by atoms with van der Waals surface area (Å²) >= 11 is 0. The summed E-state index contributed by atoms with van der Waals surface area (Å²) < 4.78 is 37.8. The van der Waals surface area contributed by atoms with Crippen LogP contribution in [0, 0.1) is 13.8 Å². The SMILES string of the molecule is Cc1cc2oc(=O)cc(CNc3cccc(S(=O)(=O)N4CCOCC4)c3)c2cc1C. The molecule has 1 aliphatic rings. The van der Waals surface area contributed by atoms with Crippen LogP contribution >= 0.6 is 0 Å². The largest absolute Gasteiger partial charge is 0.423 e. The van der Waals surface area contributed by atoms with Crippen LogP contribution in [0.3, 0.4) is 0 Å². The molecule has 0 aliphatic carbocycles. The summed E-state index contributed by atoms with van der Waals surface area (Å²) in [5.74, 6) is 0. The Kier molecular flexibility index (Phi) is 5.64. The van der Waals surface area contributed by atoms with E-state index in [1.54, 1.807) is 24.3 Å². The number of morpholine rings is 1. The smallest absolute Gasteiger partial charge is 0.336 e. The average Bonchev–Trinajstić information content (AvgIpc) is 2.74. The highest BCUT2D eigenvalue weighted by Gasteiger charge is 2.26. The molecule has 0 atom stereocenters. The van der Waals surface area contributed by atoms with Crippen LogP contribution in [0.25, 0.3) is 11.0 Å². The van der Waals surface area contributed by atoms with Gasteiger partial charge in [-0.2, -0.15) is 4.31 Å². The second kappa shape index (κ2) is 8.22. The molecular weight excluding hydrogens is 404 g/mol. The van der Waals surface area contributed by atoms with Crippen molar-refractivity contribution >= 4 is 26.7 Å². The molecule has 1 fully saturated rings. The Labute approximate surface area is 175 Å². The molecular formula is C22H24N2O5S. The van der Waals surface area contributed by atoms with Crippen molar-refractivity contribution in [2.24, 2.45) is 0 Å². The topological polar surface area (TPSA) is 88.8 Å². The fraction of sp³-hybridized carbons (Fsp3) is 0.318. The van der Waals surface area contributed by atoms with Gasteiger partial charge in [-0.15, -0.1) is 0 Å². The molecule has 4 rings (SSSR count). The van der Waals surface area contributed by atoms with Gasteiger partial charge in [0.05, 0.1) is 18.1 Å². The lowest BCUT2D eigenvalue weighted by Crippen LogP contribution is -2.40. The van der Waals surface area contributed by atoms with E-state index in [0.717, 1.165) is 22.1 Å². The van der Waals surface area contributed by atoms with Crippen molar-refractivity contribution in [3.63, 3.8) is 0 Å². The van der Waals surface area contributed by atoms with Crippen molar-refractivity contribution in [2.75, 3.05) is 31.6 Å². The molecule has 2 aromatic carbocycles. The van der Waals surface area contributed by atoms with E-state index >= 15 is 0 Å². The maximum Gasteiger partial charge on any atom is 0.336 e. The fourth-order valence-electron chi connectivity index (χ4n) is 3.53. The number of ether oxygens (including phenoxy) is 1. The van der Waals surface area contributed by atoms with Crippen LogP contribution in [-0.4, -0.2) is 39.0 Å². The van der Waals surface area contributed by atoms with E-state index in [9.17, 15) is 13.2 Å². The summed E-state index contributed by atoms with van der Waals surface area (Å²) in [6.07, 6.45) is 0. The predicted molar refractivity (Wildman–Crippen MR) is 115 cm³/mol. The molecule has 1 aromatic heterocycles. The summed E-state index contributed by atoms with van der Waals surface area (Å²) in [6, 6.07) is 12.1. The summed E-state index contributed by atoms with van der Waals surface area (Å²) in [6.45, 7) is 5.86. The molecule has 0 bridgehead atoms. The summed E-state index contributed by atoms with van der Waals surface area (Å²) in [5, 5.41) is 4.10. The fourth-order valence-corrected chi connectivity index (χ4v) is 4.98. The van der Waals surface area contributed by atoms with E-state index in [1.165, 1.54) is 10.4 Å². The number of hydrogen-bond acceptors (Lipinski definition) is 6. The highest BCUT2D eigenvalue weighted by Crippen LogP contribution is 2.24. The van der Waals surface area contributed by atoms with Crippen LogP contribution in [0.5, 0.6) is 0 Å². The minimum atomic E-state index is -3.57. The highest BCUT2D eigenvalue weighted by atomic mass is 32.2. The second-order valence-corrected chi connectivity index (χ2v) is 9.36. The van der Waals surface area contributed by atoms with E-state index in [1.807, 2.05) is 26.0 Å². The summed E-state index contributed by atoms with van der Waals surface area (Å²) in [5.41, 5.74) is 3.76. The first kappa shape index (κ1) is 20.6. The average molecular weight is 429 g/mol. The van der Waals surface area contributed by atoms with Crippen LogP contribution in [0.2, 0.25) is 0 Å². The Morgan fingerprint density at radius 2 is 1.77 bits per heavy atom. The van der Waals surface area contributed by atoms with E-state index in [4.69, 9.17) is 9.15 Å². The maximum absolute atomic E-state index is 12.9. The minimum Gasteiger partial charge on any atom is -0.423 e. The molecule has 30 heavy (non-hydrogen) atoms. The Balaban J connectivity index is 1.60. The Hall–Kier alpha value is -2.68. The van der Waals surface area contributed by atoms with Crippen molar-refractivity contribution < 1.29 is 17.6 Å². The molecule has 1 N–H and O–H groups in total. The van der Waals surface area contributed by atoms with Gasteiger partial charge in [0.2, 0.25) is 10.0 Å². The number of nitrogens with one attached hydrogen (secondary N) is 1. The zero-order valence-electron chi connectivity index (χ0n) is 17.0. The van der Waals surface area contributed by atoms with Crippen LogP contribution < -0.4 is 10.9 Å². The lowest BCUT2D eigenvalue weighted by molar-refractivity contribution is 0.0730. The molecule has 7 nitrogen and oxygen atoms in total. The van der Waals surface area contributed by atoms with Crippen LogP contribution in [0.15, 0.2) is 56.6 Å². The monoisotopic (exact) mass is 428 g/mol. The van der Waals surface area contributed by atoms with E-state index < -0.39 is 15.6 Å². The van der Waals surface area contributed by atoms with Gasteiger partial charge in [0.15, 0.2) is 0 Å². The van der Waals surface area contributed by atoms with Gasteiger partial charge < -0.3 is 14.5 Å². The number of rotatable bonds is 5. The highest BCUT2D eigenvalue weighted by molar-refractivity contribution is 7.89. The normalized spacial score (nSPS) is 15.4. The number of anilines is 1. The van der Waals surface area contributed by atoms with Gasteiger partial charge in [-0.25, -0.2) is 13.2 Å². The third-order valence-electron chi connectivity index (χ3n) is 5.37. The molecule has 0 saturated carbocycles. The number of hydrogen-bond donors (Lipinski definition) is 1. The quantitative estimate of drug-likeness (QED) is 0.629. The van der Waals surface area contributed by atoms with Crippen molar-refractivity contribution in [3.8, 4) is 0 Å². The van der Waals surface area contributed by atoms with E-state index in [2.05, 4.69) is 5.32 Å². The third-order valence-corrected chi connectivity index (χ3v) is 7.26. The number of aryl methyl sites for hydroxylation is 2. The van der Waals surface area contributed by atoms with Crippen LogP contribution in [-0.2, 0) is 21.3 Å². The minimum absolute atomic E-state index is 0.235. The maximum atomic E-state index is 12.9. The van der Waals surface area contributed by atoms with Gasteiger partial charge in [-0.05, 0) is 60.9 Å². The first-order chi connectivity index (χ1) is 14.3. The Morgan fingerprint density at radius 3 is 2.53 bits per heavy atom. The first-order valence-corrected chi connectivity index (χ1v) is 11.2. The van der Waals surface area contributed by atoms with Crippen LogP contribution in [0.4, 0.5) is 5.69 Å². The lowest BCUT2D eigenvalue weighted by atomic mass is 10.0. The Bertz CT molecular complexity index is 1240. The van der Waals surface area contributed by atoms with Crippen molar-refractivity contribution in [3.05, 3.63) is 69.6 Å². The molecule has 0 radical (unpaired) electrons. The number of nitrogens with zero attached hydrogens (tertiary/aromatic N) is 1. The lowest BCUT2D eigenvalue weighted by Gasteiger charge is -2.26. The van der Waals surface area contributed by atoms with Crippen molar-refractivity contribution in [1.82, 2.24) is 4.31 Å². The molecule has 0 unspecified atom stereocenters. The number of fused-ring (bicyclic) bond motifs is 1. The Morgan fingerprint density at radius 1 is 1.03 bits per heavy atom. The van der Waals surface area contributed by atoms with Crippen molar-refractivity contribution in [1.29, 1.82) is 0 Å². The summed E-state index contributed by atoms with van der Waals surface area (Å²) in [7, 11) is -3.57. The molecule has 1 aliphatic heterocycles. The molecule has 0 spiro atoms. The van der Waals surface area contributed by atoms with E-state index in [0.29, 0.717) is 44.1 Å². The molecule has 158 valence electrons. The third kappa shape index (κ3) is 4.12. The molecule has 3 aromatic rings.